The summed E-state index contributed by atoms with van der Waals surface area (Å²) in [6.45, 7) is 0. The van der Waals surface area contributed by atoms with Crippen LogP contribution in [0.5, 0.6) is 0 Å². The lowest BCUT2D eigenvalue weighted by molar-refractivity contribution is -0.465. The van der Waals surface area contributed by atoms with Crippen LogP contribution in [0.3, 0.4) is 0 Å². The van der Waals surface area contributed by atoms with Gasteiger partial charge in [0.2, 0.25) is 5.70 Å². The van der Waals surface area contributed by atoms with E-state index in [-0.39, 0.29) is 11.5 Å². The smallest absolute Gasteiger partial charge is 0.355 e. The van der Waals surface area contributed by atoms with Gasteiger partial charge in [0.1, 0.15) is 0 Å². The molecule has 1 N–H and O–H groups in total. The first-order chi connectivity index (χ1) is 6.20. The average Bonchev–Trinajstić information content (AvgIpc) is 2.53. The van der Waals surface area contributed by atoms with Gasteiger partial charge in [-0.2, -0.15) is 0 Å². The maximum atomic E-state index is 12.9. The Balaban J connectivity index is 2.42. The number of allylic oxidation sites excluding steroid dienone is 3. The summed E-state index contributed by atoms with van der Waals surface area (Å²) < 4.78 is 12.9. The predicted molar refractivity (Wildman–Crippen MR) is 38.4 cm³/mol. The lowest BCUT2D eigenvalue weighted by Crippen LogP contribution is -2.27. The van der Waals surface area contributed by atoms with Crippen LogP contribution < -0.4 is 5.48 Å². The molecule has 13 heavy (non-hydrogen) atoms. The molecular weight excluding hydrogens is 181 g/mol. The molecule has 7 heteroatoms. The first kappa shape index (κ1) is 7.74. The molecule has 0 aliphatic carbocycles. The second-order valence-corrected chi connectivity index (χ2v) is 2.33. The van der Waals surface area contributed by atoms with Gasteiger partial charge in [0.15, 0.2) is 5.83 Å². The van der Waals surface area contributed by atoms with E-state index < -0.39 is 10.8 Å². The van der Waals surface area contributed by atoms with Crippen LogP contribution in [0.1, 0.15) is 0 Å². The predicted octanol–water partition coefficient (Wildman–Crippen LogP) is 0.565. The van der Waals surface area contributed by atoms with Crippen molar-refractivity contribution in [2.75, 3.05) is 0 Å². The fraction of sp³-hybridized carbons (Fsp3) is 0. The van der Waals surface area contributed by atoms with E-state index in [0.717, 1.165) is 17.2 Å². The number of hydrogen-bond donors (Lipinski definition) is 1. The molecule has 0 spiro atoms. The van der Waals surface area contributed by atoms with Crippen LogP contribution in [-0.4, -0.2) is 9.99 Å². The molecule has 2 aliphatic heterocycles. The summed E-state index contributed by atoms with van der Waals surface area (Å²) >= 11 is 0. The van der Waals surface area contributed by atoms with E-state index in [1.807, 2.05) is 0 Å². The SMILES string of the molecule is O=[N+]([O-])C1=CC=C(F)C2=CNON21. The Morgan fingerprint density at radius 1 is 1.62 bits per heavy atom. The summed E-state index contributed by atoms with van der Waals surface area (Å²) in [6.07, 6.45) is 3.23. The van der Waals surface area contributed by atoms with Gasteiger partial charge in [-0.15, -0.1) is 0 Å². The first-order valence-electron chi connectivity index (χ1n) is 3.35. The number of hydroxylamine groups is 3. The maximum absolute atomic E-state index is 12.9. The highest BCUT2D eigenvalue weighted by atomic mass is 19.1. The van der Waals surface area contributed by atoms with Gasteiger partial charge in [-0.05, 0) is 16.1 Å². The normalized spacial score (nSPS) is 19.8. The van der Waals surface area contributed by atoms with Crippen molar-refractivity contribution in [2.24, 2.45) is 0 Å². The molecule has 0 aromatic rings. The fourth-order valence-electron chi connectivity index (χ4n) is 1.01. The Bertz CT molecular complexity index is 360. The Hall–Kier alpha value is -1.89. The van der Waals surface area contributed by atoms with Gasteiger partial charge in [0, 0.05) is 6.08 Å². The molecule has 0 saturated carbocycles. The number of halogens is 1. The Morgan fingerprint density at radius 3 is 3.08 bits per heavy atom. The molecule has 0 fully saturated rings. The van der Waals surface area contributed by atoms with Crippen LogP contribution in [0, 0.1) is 10.1 Å². The number of nitrogens with zero attached hydrogens (tertiary/aromatic N) is 2. The van der Waals surface area contributed by atoms with Crippen LogP contribution in [0.4, 0.5) is 4.39 Å². The largest absolute Gasteiger partial charge is 0.358 e. The van der Waals surface area contributed by atoms with E-state index in [4.69, 9.17) is 0 Å². The molecule has 0 aromatic carbocycles. The van der Waals surface area contributed by atoms with E-state index in [2.05, 4.69) is 10.4 Å². The lowest BCUT2D eigenvalue weighted by Gasteiger charge is -2.12. The Kier molecular flexibility index (Phi) is 1.52. The zero-order chi connectivity index (χ0) is 9.42. The van der Waals surface area contributed by atoms with Gasteiger partial charge in [-0.3, -0.25) is 0 Å². The second-order valence-electron chi connectivity index (χ2n) is 2.33. The number of hydrogen-bond acceptors (Lipinski definition) is 5. The van der Waals surface area contributed by atoms with E-state index in [9.17, 15) is 14.5 Å². The minimum atomic E-state index is -0.663. The van der Waals surface area contributed by atoms with Crippen molar-refractivity contribution < 1.29 is 14.3 Å². The number of nitrogens with one attached hydrogen (secondary N) is 1. The van der Waals surface area contributed by atoms with E-state index >= 15 is 0 Å². The van der Waals surface area contributed by atoms with Gasteiger partial charge in [0.05, 0.1) is 6.20 Å². The molecule has 2 rings (SSSR count). The molecule has 0 saturated heterocycles. The van der Waals surface area contributed by atoms with Crippen LogP contribution in [-0.2, 0) is 4.94 Å². The second kappa shape index (κ2) is 2.56. The van der Waals surface area contributed by atoms with E-state index in [1.54, 1.807) is 0 Å². The third kappa shape index (κ3) is 1.05. The van der Waals surface area contributed by atoms with Gasteiger partial charge < -0.3 is 10.1 Å². The van der Waals surface area contributed by atoms with Crippen LogP contribution in [0.25, 0.3) is 0 Å². The van der Waals surface area contributed by atoms with Gasteiger partial charge in [0.25, 0.3) is 0 Å². The summed E-state index contributed by atoms with van der Waals surface area (Å²) in [5.41, 5.74) is 2.21. The quantitative estimate of drug-likeness (QED) is 0.477. The first-order valence-corrected chi connectivity index (χ1v) is 3.35. The molecule has 2 heterocycles. The zero-order valence-corrected chi connectivity index (χ0v) is 6.23. The highest BCUT2D eigenvalue weighted by molar-refractivity contribution is 5.34. The monoisotopic (exact) mass is 185 g/mol. The van der Waals surface area contributed by atoms with Crippen molar-refractivity contribution >= 4 is 0 Å². The topological polar surface area (TPSA) is 67.6 Å². The molecular formula is C6H4FN3O3. The van der Waals surface area contributed by atoms with Crippen LogP contribution in [0.2, 0.25) is 0 Å². The molecule has 2 aliphatic rings. The Morgan fingerprint density at radius 2 is 2.38 bits per heavy atom. The van der Waals surface area contributed by atoms with E-state index in [1.165, 1.54) is 6.20 Å². The highest BCUT2D eigenvalue weighted by Crippen LogP contribution is 2.28. The van der Waals surface area contributed by atoms with Crippen molar-refractivity contribution in [1.82, 2.24) is 10.5 Å². The zero-order valence-electron chi connectivity index (χ0n) is 6.23. The maximum Gasteiger partial charge on any atom is 0.355 e. The Labute approximate surface area is 71.6 Å². The third-order valence-electron chi connectivity index (χ3n) is 1.58. The number of rotatable bonds is 1. The highest BCUT2D eigenvalue weighted by Gasteiger charge is 2.37. The van der Waals surface area contributed by atoms with Gasteiger partial charge in [-0.25, -0.2) is 9.87 Å². The van der Waals surface area contributed by atoms with Crippen molar-refractivity contribution in [3.63, 3.8) is 0 Å². The molecule has 68 valence electrons. The molecule has 0 radical (unpaired) electrons. The van der Waals surface area contributed by atoms with E-state index in [0.29, 0.717) is 0 Å². The standard InChI is InChI=1S/C6H4FN3O3/c7-4-1-2-6(10(11)12)9-5(4)3-8-13-9/h1-3,8H. The average molecular weight is 185 g/mol. The summed E-state index contributed by atoms with van der Waals surface area (Å²) in [5, 5.41) is 11.2. The molecule has 0 amide bonds. The molecule has 6 nitrogen and oxygen atoms in total. The van der Waals surface area contributed by atoms with Crippen LogP contribution >= 0.6 is 0 Å². The lowest BCUT2D eigenvalue weighted by atomic mass is 10.3. The molecule has 0 bridgehead atoms. The summed E-state index contributed by atoms with van der Waals surface area (Å²) in [5.74, 6) is -0.923. The number of nitro groups is 1. The molecule has 0 aromatic heterocycles. The van der Waals surface area contributed by atoms with Crippen molar-refractivity contribution in [3.8, 4) is 0 Å². The summed E-state index contributed by atoms with van der Waals surface area (Å²) in [4.78, 5) is 14.4. The van der Waals surface area contributed by atoms with Crippen molar-refractivity contribution in [1.29, 1.82) is 0 Å². The van der Waals surface area contributed by atoms with Crippen LogP contribution in [0.15, 0.2) is 35.7 Å². The summed E-state index contributed by atoms with van der Waals surface area (Å²) in [6, 6.07) is 0. The molecule has 0 atom stereocenters. The third-order valence-corrected chi connectivity index (χ3v) is 1.58. The fourth-order valence-corrected chi connectivity index (χ4v) is 1.01. The number of fused-ring (bicyclic) bond motifs is 1. The van der Waals surface area contributed by atoms with Gasteiger partial charge in [-0.1, -0.05) is 4.94 Å². The minimum absolute atomic E-state index is 0.00537. The van der Waals surface area contributed by atoms with Crippen molar-refractivity contribution in [2.45, 2.75) is 0 Å². The minimum Gasteiger partial charge on any atom is -0.358 e. The van der Waals surface area contributed by atoms with Crippen molar-refractivity contribution in [3.05, 3.63) is 45.8 Å². The van der Waals surface area contributed by atoms with Gasteiger partial charge >= 0.3 is 5.82 Å². The molecule has 0 unspecified atom stereocenters. The summed E-state index contributed by atoms with van der Waals surface area (Å²) in [7, 11) is 0.